The number of benzene rings is 1. The van der Waals surface area contributed by atoms with Crippen LogP contribution in [-0.2, 0) is 5.41 Å². The maximum absolute atomic E-state index is 13.4. The summed E-state index contributed by atoms with van der Waals surface area (Å²) < 4.78 is 13.4. The molecule has 0 saturated carbocycles. The highest BCUT2D eigenvalue weighted by Crippen LogP contribution is 2.23. The third-order valence-electron chi connectivity index (χ3n) is 2.45. The highest BCUT2D eigenvalue weighted by atomic mass is 19.1. The Kier molecular flexibility index (Phi) is 2.22. The average Bonchev–Trinajstić information content (AvgIpc) is 2.16. The Morgan fingerprint density at radius 1 is 1.07 bits per heavy atom. The second-order valence-corrected chi connectivity index (χ2v) is 4.75. The number of pyridine rings is 1. The highest BCUT2D eigenvalue weighted by Gasteiger charge is 2.15. The Morgan fingerprint density at radius 3 is 2.47 bits per heavy atom. The number of hydrogen-bond acceptors (Lipinski definition) is 1. The number of aromatic nitrogens is 1. The fraction of sp³-hybridized carbons (Fsp3) is 0.308. The van der Waals surface area contributed by atoms with Crippen molar-refractivity contribution in [2.75, 3.05) is 0 Å². The summed E-state index contributed by atoms with van der Waals surface area (Å²) in [5.74, 6) is -0.208. The van der Waals surface area contributed by atoms with E-state index in [2.05, 4.69) is 25.8 Å². The molecule has 0 radical (unpaired) electrons. The van der Waals surface area contributed by atoms with Crippen LogP contribution in [0.2, 0.25) is 0 Å². The predicted octanol–water partition coefficient (Wildman–Crippen LogP) is 3.67. The second kappa shape index (κ2) is 3.30. The number of rotatable bonds is 0. The first kappa shape index (κ1) is 10.1. The quantitative estimate of drug-likeness (QED) is 0.636. The Bertz CT molecular complexity index is 497. The van der Waals surface area contributed by atoms with Crippen LogP contribution in [0.15, 0.2) is 30.3 Å². The van der Waals surface area contributed by atoms with Crippen LogP contribution in [0.3, 0.4) is 0 Å². The summed E-state index contributed by atoms with van der Waals surface area (Å²) >= 11 is 0. The summed E-state index contributed by atoms with van der Waals surface area (Å²) in [5, 5.41) is 0.588. The van der Waals surface area contributed by atoms with Crippen molar-refractivity contribution in [3.8, 4) is 0 Å². The lowest BCUT2D eigenvalue weighted by Crippen LogP contribution is -2.13. The fourth-order valence-corrected chi connectivity index (χ4v) is 1.54. The molecule has 0 saturated heterocycles. The normalized spacial score (nSPS) is 12.0. The molecular weight excluding hydrogens is 189 g/mol. The van der Waals surface area contributed by atoms with Gasteiger partial charge in [0.1, 0.15) is 5.82 Å². The molecule has 1 heterocycles. The van der Waals surface area contributed by atoms with Crippen molar-refractivity contribution in [2.24, 2.45) is 0 Å². The van der Waals surface area contributed by atoms with Crippen molar-refractivity contribution in [1.82, 2.24) is 4.98 Å². The summed E-state index contributed by atoms with van der Waals surface area (Å²) in [6.07, 6.45) is 0. The summed E-state index contributed by atoms with van der Waals surface area (Å²) in [5.41, 5.74) is 1.71. The molecule has 2 aromatic rings. The first-order chi connectivity index (χ1) is 6.98. The highest BCUT2D eigenvalue weighted by molar-refractivity contribution is 5.79. The largest absolute Gasteiger partial charge is 0.252 e. The molecule has 0 aliphatic carbocycles. The number of hydrogen-bond donors (Lipinski definition) is 0. The molecule has 0 N–H and O–H groups in total. The molecule has 1 aromatic carbocycles. The van der Waals surface area contributed by atoms with Crippen LogP contribution in [0.5, 0.6) is 0 Å². The van der Waals surface area contributed by atoms with Gasteiger partial charge in [0, 0.05) is 16.5 Å². The van der Waals surface area contributed by atoms with E-state index in [-0.39, 0.29) is 11.2 Å². The van der Waals surface area contributed by atoms with E-state index in [9.17, 15) is 4.39 Å². The Balaban J connectivity index is 2.68. The SMILES string of the molecule is CC(C)(C)c1ccc2c(F)cccc2n1. The average molecular weight is 203 g/mol. The molecule has 0 aliphatic rings. The van der Waals surface area contributed by atoms with Gasteiger partial charge in [-0.15, -0.1) is 0 Å². The van der Waals surface area contributed by atoms with E-state index in [1.54, 1.807) is 12.1 Å². The molecule has 78 valence electrons. The van der Waals surface area contributed by atoms with E-state index in [0.29, 0.717) is 5.39 Å². The molecule has 2 rings (SSSR count). The Labute approximate surface area is 89.0 Å². The number of halogens is 1. The van der Waals surface area contributed by atoms with Crippen LogP contribution < -0.4 is 0 Å². The van der Waals surface area contributed by atoms with E-state index in [1.807, 2.05) is 12.1 Å². The smallest absolute Gasteiger partial charge is 0.132 e. The van der Waals surface area contributed by atoms with Crippen LogP contribution in [0, 0.1) is 5.82 Å². The second-order valence-electron chi connectivity index (χ2n) is 4.75. The summed E-state index contributed by atoms with van der Waals surface area (Å²) in [6, 6.07) is 8.69. The van der Waals surface area contributed by atoms with Crippen LogP contribution >= 0.6 is 0 Å². The van der Waals surface area contributed by atoms with Crippen molar-refractivity contribution >= 4 is 10.9 Å². The van der Waals surface area contributed by atoms with Gasteiger partial charge >= 0.3 is 0 Å². The third-order valence-corrected chi connectivity index (χ3v) is 2.45. The lowest BCUT2D eigenvalue weighted by Gasteiger charge is -2.17. The van der Waals surface area contributed by atoms with E-state index < -0.39 is 0 Å². The summed E-state index contributed by atoms with van der Waals surface area (Å²) in [7, 11) is 0. The van der Waals surface area contributed by atoms with Gasteiger partial charge in [0.2, 0.25) is 0 Å². The minimum Gasteiger partial charge on any atom is -0.252 e. The molecule has 0 unspecified atom stereocenters. The third kappa shape index (κ3) is 1.84. The zero-order valence-electron chi connectivity index (χ0n) is 9.21. The number of fused-ring (bicyclic) bond motifs is 1. The molecule has 0 fully saturated rings. The van der Waals surface area contributed by atoms with Crippen LogP contribution in [0.25, 0.3) is 10.9 Å². The number of nitrogens with zero attached hydrogens (tertiary/aromatic N) is 1. The van der Waals surface area contributed by atoms with Gasteiger partial charge in [-0.05, 0) is 24.3 Å². The molecule has 0 spiro atoms. The maximum atomic E-state index is 13.4. The Hall–Kier alpha value is -1.44. The van der Waals surface area contributed by atoms with Crippen LogP contribution in [-0.4, -0.2) is 4.98 Å². The molecular formula is C13H14FN. The lowest BCUT2D eigenvalue weighted by molar-refractivity contribution is 0.571. The van der Waals surface area contributed by atoms with Crippen molar-refractivity contribution in [1.29, 1.82) is 0 Å². The lowest BCUT2D eigenvalue weighted by atomic mass is 9.91. The van der Waals surface area contributed by atoms with Crippen molar-refractivity contribution < 1.29 is 4.39 Å². The standard InChI is InChI=1S/C13H14FN/c1-13(2,3)12-8-7-9-10(14)5-4-6-11(9)15-12/h4-8H,1-3H3. The molecule has 1 aromatic heterocycles. The van der Waals surface area contributed by atoms with Crippen LogP contribution in [0.4, 0.5) is 4.39 Å². The first-order valence-corrected chi connectivity index (χ1v) is 5.04. The maximum Gasteiger partial charge on any atom is 0.132 e. The Morgan fingerprint density at radius 2 is 1.80 bits per heavy atom. The monoisotopic (exact) mass is 203 g/mol. The van der Waals surface area contributed by atoms with Gasteiger partial charge in [0.25, 0.3) is 0 Å². The van der Waals surface area contributed by atoms with E-state index in [1.165, 1.54) is 6.07 Å². The van der Waals surface area contributed by atoms with Gasteiger partial charge < -0.3 is 0 Å². The molecule has 15 heavy (non-hydrogen) atoms. The van der Waals surface area contributed by atoms with E-state index in [0.717, 1.165) is 11.2 Å². The van der Waals surface area contributed by atoms with Crippen molar-refractivity contribution in [3.63, 3.8) is 0 Å². The summed E-state index contributed by atoms with van der Waals surface area (Å²) in [6.45, 7) is 6.29. The molecule has 2 heteroatoms. The van der Waals surface area contributed by atoms with Gasteiger partial charge in [-0.1, -0.05) is 26.8 Å². The predicted molar refractivity (Wildman–Crippen MR) is 60.4 cm³/mol. The van der Waals surface area contributed by atoms with Crippen LogP contribution in [0.1, 0.15) is 26.5 Å². The minimum atomic E-state index is -0.208. The summed E-state index contributed by atoms with van der Waals surface area (Å²) in [4.78, 5) is 4.47. The zero-order chi connectivity index (χ0) is 11.1. The minimum absolute atomic E-state index is 0.000504. The fourth-order valence-electron chi connectivity index (χ4n) is 1.54. The molecule has 1 nitrogen and oxygen atoms in total. The first-order valence-electron chi connectivity index (χ1n) is 5.04. The molecule has 0 bridgehead atoms. The van der Waals surface area contributed by atoms with Crippen molar-refractivity contribution in [3.05, 3.63) is 41.8 Å². The molecule has 0 aliphatic heterocycles. The van der Waals surface area contributed by atoms with Crippen molar-refractivity contribution in [2.45, 2.75) is 26.2 Å². The van der Waals surface area contributed by atoms with Gasteiger partial charge in [-0.3, -0.25) is 4.98 Å². The van der Waals surface area contributed by atoms with Gasteiger partial charge in [0.05, 0.1) is 5.52 Å². The van der Waals surface area contributed by atoms with Gasteiger partial charge in [0.15, 0.2) is 0 Å². The molecule has 0 amide bonds. The van der Waals surface area contributed by atoms with Gasteiger partial charge in [-0.25, -0.2) is 4.39 Å². The topological polar surface area (TPSA) is 12.9 Å². The van der Waals surface area contributed by atoms with E-state index >= 15 is 0 Å². The van der Waals surface area contributed by atoms with Gasteiger partial charge in [-0.2, -0.15) is 0 Å². The molecule has 0 atom stereocenters. The zero-order valence-corrected chi connectivity index (χ0v) is 9.21. The van der Waals surface area contributed by atoms with E-state index in [4.69, 9.17) is 0 Å².